The summed E-state index contributed by atoms with van der Waals surface area (Å²) >= 11 is 6.20. The van der Waals surface area contributed by atoms with Gasteiger partial charge >= 0.3 is 6.09 Å². The molecule has 0 bridgehead atoms. The number of aromatic nitrogens is 2. The highest BCUT2D eigenvalue weighted by molar-refractivity contribution is 6.34. The Morgan fingerprint density at radius 2 is 2.00 bits per heavy atom. The Kier molecular flexibility index (Phi) is 6.80. The Labute approximate surface area is 168 Å². The van der Waals surface area contributed by atoms with E-state index in [1.54, 1.807) is 45.9 Å². The molecule has 0 fully saturated rings. The highest BCUT2D eigenvalue weighted by Crippen LogP contribution is 2.22. The molecule has 0 aliphatic carbocycles. The minimum Gasteiger partial charge on any atom is -0.444 e. The van der Waals surface area contributed by atoms with Gasteiger partial charge in [-0.05, 0) is 39.3 Å². The molecule has 2 amide bonds. The van der Waals surface area contributed by atoms with Gasteiger partial charge in [-0.1, -0.05) is 23.7 Å². The van der Waals surface area contributed by atoms with Gasteiger partial charge in [-0.25, -0.2) is 4.79 Å². The van der Waals surface area contributed by atoms with E-state index in [-0.39, 0.29) is 22.8 Å². The number of nitrogens with one attached hydrogen (secondary N) is 3. The summed E-state index contributed by atoms with van der Waals surface area (Å²) in [5.74, 6) is -0.743. The zero-order valence-corrected chi connectivity index (χ0v) is 16.9. The number of ether oxygens (including phenoxy) is 1. The first kappa shape index (κ1) is 21.4. The fraction of sp³-hybridized carbons (Fsp3) is 0.368. The van der Waals surface area contributed by atoms with Crippen LogP contribution in [0.1, 0.15) is 43.6 Å². The van der Waals surface area contributed by atoms with E-state index in [1.165, 1.54) is 12.4 Å². The SMILES string of the molecule is C[C@H](NC(=O)OC(C)(C)C)C(=O)Cc1cccc(Cl)c1C(=O)Nc1cn[nH]c1. The number of nitrogens with zero attached hydrogens (tertiary/aromatic N) is 1. The molecule has 150 valence electrons. The first-order valence-corrected chi connectivity index (χ1v) is 9.04. The van der Waals surface area contributed by atoms with Crippen LogP contribution in [0.15, 0.2) is 30.6 Å². The standard InChI is InChI=1S/C19H23ClN4O4/c1-11(23-18(27)28-19(2,3)4)15(25)8-12-6-5-7-14(20)16(12)17(26)24-13-9-21-22-10-13/h5-7,9-11H,8H2,1-4H3,(H,21,22)(H,23,27)(H,24,26)/t11-/m0/s1. The van der Waals surface area contributed by atoms with Crippen molar-refractivity contribution >= 4 is 35.1 Å². The molecule has 0 saturated heterocycles. The Balaban J connectivity index is 2.10. The van der Waals surface area contributed by atoms with E-state index in [4.69, 9.17) is 16.3 Å². The number of alkyl carbamates (subject to hydrolysis) is 1. The van der Waals surface area contributed by atoms with Gasteiger partial charge in [-0.15, -0.1) is 0 Å². The summed E-state index contributed by atoms with van der Waals surface area (Å²) in [6.45, 7) is 6.75. The molecule has 1 heterocycles. The van der Waals surface area contributed by atoms with Crippen LogP contribution in [0.25, 0.3) is 0 Å². The van der Waals surface area contributed by atoms with Crippen LogP contribution in [0, 0.1) is 0 Å². The van der Waals surface area contributed by atoms with Gasteiger partial charge in [0.15, 0.2) is 5.78 Å². The number of amides is 2. The lowest BCUT2D eigenvalue weighted by Gasteiger charge is -2.21. The molecule has 1 aromatic heterocycles. The molecule has 2 rings (SSSR count). The third-order valence-electron chi connectivity index (χ3n) is 3.66. The summed E-state index contributed by atoms with van der Waals surface area (Å²) in [5, 5.41) is 11.7. The number of Topliss-reactive ketones (excluding diaryl/α,β-unsaturated/α-hetero) is 1. The number of ketones is 1. The maximum atomic E-state index is 12.6. The topological polar surface area (TPSA) is 113 Å². The van der Waals surface area contributed by atoms with Crippen LogP contribution in [-0.4, -0.2) is 39.6 Å². The van der Waals surface area contributed by atoms with Crippen LogP contribution in [0.2, 0.25) is 5.02 Å². The van der Waals surface area contributed by atoms with Gasteiger partial charge in [-0.3, -0.25) is 14.7 Å². The van der Waals surface area contributed by atoms with Crippen molar-refractivity contribution in [3.8, 4) is 0 Å². The zero-order valence-electron chi connectivity index (χ0n) is 16.1. The molecule has 0 spiro atoms. The molecule has 8 nitrogen and oxygen atoms in total. The fourth-order valence-corrected chi connectivity index (χ4v) is 2.67. The second-order valence-electron chi connectivity index (χ2n) is 7.23. The Hall–Kier alpha value is -2.87. The summed E-state index contributed by atoms with van der Waals surface area (Å²) in [4.78, 5) is 37.0. The minimum absolute atomic E-state index is 0.0777. The molecular formula is C19H23ClN4O4. The lowest BCUT2D eigenvalue weighted by atomic mass is 9.99. The Morgan fingerprint density at radius 1 is 1.29 bits per heavy atom. The van der Waals surface area contributed by atoms with Gasteiger partial charge in [0.1, 0.15) is 5.60 Å². The molecule has 0 saturated carbocycles. The Morgan fingerprint density at radius 3 is 2.61 bits per heavy atom. The number of aromatic amines is 1. The molecule has 0 aliphatic heterocycles. The van der Waals surface area contributed by atoms with Crippen molar-refractivity contribution in [1.29, 1.82) is 0 Å². The summed E-state index contributed by atoms with van der Waals surface area (Å²) < 4.78 is 5.15. The van der Waals surface area contributed by atoms with E-state index in [2.05, 4.69) is 20.8 Å². The first-order chi connectivity index (χ1) is 13.1. The second-order valence-corrected chi connectivity index (χ2v) is 7.63. The summed E-state index contributed by atoms with van der Waals surface area (Å²) in [7, 11) is 0. The van der Waals surface area contributed by atoms with Crippen LogP contribution >= 0.6 is 11.6 Å². The number of anilines is 1. The smallest absolute Gasteiger partial charge is 0.408 e. The average molecular weight is 407 g/mol. The third-order valence-corrected chi connectivity index (χ3v) is 3.98. The fourth-order valence-electron chi connectivity index (χ4n) is 2.39. The van der Waals surface area contributed by atoms with Crippen LogP contribution in [0.5, 0.6) is 0 Å². The van der Waals surface area contributed by atoms with Gasteiger partial charge in [0.25, 0.3) is 5.91 Å². The van der Waals surface area contributed by atoms with Crippen LogP contribution < -0.4 is 10.6 Å². The van der Waals surface area contributed by atoms with E-state index in [1.807, 2.05) is 0 Å². The molecule has 2 aromatic rings. The maximum Gasteiger partial charge on any atom is 0.408 e. The number of benzene rings is 1. The molecule has 0 radical (unpaired) electrons. The normalized spacial score (nSPS) is 12.2. The minimum atomic E-state index is -0.793. The van der Waals surface area contributed by atoms with E-state index in [9.17, 15) is 14.4 Å². The largest absolute Gasteiger partial charge is 0.444 e. The average Bonchev–Trinajstić information content (AvgIpc) is 3.05. The molecule has 3 N–H and O–H groups in total. The molecule has 1 aromatic carbocycles. The predicted octanol–water partition coefficient (Wildman–Crippen LogP) is 3.34. The van der Waals surface area contributed by atoms with Crippen molar-refractivity contribution < 1.29 is 19.1 Å². The molecular weight excluding hydrogens is 384 g/mol. The summed E-state index contributed by atoms with van der Waals surface area (Å²) in [6.07, 6.45) is 2.21. The number of H-pyrrole nitrogens is 1. The quantitative estimate of drug-likeness (QED) is 0.680. The van der Waals surface area contributed by atoms with Gasteiger partial charge < -0.3 is 15.4 Å². The monoisotopic (exact) mass is 406 g/mol. The van der Waals surface area contributed by atoms with Crippen molar-refractivity contribution in [2.24, 2.45) is 0 Å². The number of rotatable bonds is 6. The first-order valence-electron chi connectivity index (χ1n) is 8.66. The molecule has 1 atom stereocenters. The van der Waals surface area contributed by atoms with Crippen LogP contribution in [-0.2, 0) is 16.0 Å². The third kappa shape index (κ3) is 6.09. The maximum absolute atomic E-state index is 12.6. The molecule has 28 heavy (non-hydrogen) atoms. The highest BCUT2D eigenvalue weighted by Gasteiger charge is 2.23. The van der Waals surface area contributed by atoms with E-state index >= 15 is 0 Å². The van der Waals surface area contributed by atoms with Crippen LogP contribution in [0.4, 0.5) is 10.5 Å². The zero-order chi connectivity index (χ0) is 20.9. The summed E-state index contributed by atoms with van der Waals surface area (Å²) in [6, 6.07) is 4.08. The van der Waals surface area contributed by atoms with E-state index < -0.39 is 23.6 Å². The predicted molar refractivity (Wildman–Crippen MR) is 106 cm³/mol. The second kappa shape index (κ2) is 8.88. The van der Waals surface area contributed by atoms with Gasteiger partial charge in [-0.2, -0.15) is 5.10 Å². The Bertz CT molecular complexity index is 859. The number of hydrogen-bond donors (Lipinski definition) is 3. The van der Waals surface area contributed by atoms with Gasteiger partial charge in [0.05, 0.1) is 28.5 Å². The van der Waals surface area contributed by atoms with Crippen molar-refractivity contribution in [1.82, 2.24) is 15.5 Å². The number of carbonyl (C=O) groups excluding carboxylic acids is 3. The number of carbonyl (C=O) groups is 3. The number of halogens is 1. The molecule has 0 unspecified atom stereocenters. The van der Waals surface area contributed by atoms with Crippen molar-refractivity contribution in [3.63, 3.8) is 0 Å². The van der Waals surface area contributed by atoms with Crippen molar-refractivity contribution in [2.45, 2.75) is 45.8 Å². The van der Waals surface area contributed by atoms with Gasteiger partial charge in [0.2, 0.25) is 0 Å². The lowest BCUT2D eigenvalue weighted by Crippen LogP contribution is -2.42. The van der Waals surface area contributed by atoms with Gasteiger partial charge in [0, 0.05) is 12.6 Å². The molecule has 0 aliphatic rings. The van der Waals surface area contributed by atoms with Crippen molar-refractivity contribution in [3.05, 3.63) is 46.7 Å². The van der Waals surface area contributed by atoms with Crippen LogP contribution in [0.3, 0.4) is 0 Å². The highest BCUT2D eigenvalue weighted by atomic mass is 35.5. The lowest BCUT2D eigenvalue weighted by molar-refractivity contribution is -0.120. The van der Waals surface area contributed by atoms with E-state index in [0.717, 1.165) is 0 Å². The molecule has 9 heteroatoms. The van der Waals surface area contributed by atoms with Crippen molar-refractivity contribution in [2.75, 3.05) is 5.32 Å². The number of hydrogen-bond acceptors (Lipinski definition) is 5. The van der Waals surface area contributed by atoms with E-state index in [0.29, 0.717) is 11.3 Å². The summed E-state index contributed by atoms with van der Waals surface area (Å²) in [5.41, 5.74) is 0.458.